The van der Waals surface area contributed by atoms with Crippen LogP contribution < -0.4 is 11.3 Å². The van der Waals surface area contributed by atoms with Crippen LogP contribution in [0.2, 0.25) is 0 Å². The van der Waals surface area contributed by atoms with Crippen molar-refractivity contribution in [2.75, 3.05) is 5.43 Å². The predicted molar refractivity (Wildman–Crippen MR) is 71.4 cm³/mol. The SMILES string of the molecule is Cc1ccn2c(-c3csc(NN)n3)c(C)nc2n1. The van der Waals surface area contributed by atoms with E-state index in [-0.39, 0.29) is 0 Å². The summed E-state index contributed by atoms with van der Waals surface area (Å²) in [7, 11) is 0. The van der Waals surface area contributed by atoms with Gasteiger partial charge in [0.25, 0.3) is 0 Å². The first-order valence-electron chi connectivity index (χ1n) is 5.44. The molecule has 3 heterocycles. The number of nitrogens with zero attached hydrogens (tertiary/aromatic N) is 4. The van der Waals surface area contributed by atoms with Crippen molar-refractivity contribution in [1.82, 2.24) is 19.4 Å². The van der Waals surface area contributed by atoms with Crippen LogP contribution >= 0.6 is 11.3 Å². The Morgan fingerprint density at radius 2 is 2.11 bits per heavy atom. The van der Waals surface area contributed by atoms with Crippen LogP contribution in [0.5, 0.6) is 0 Å². The van der Waals surface area contributed by atoms with Gasteiger partial charge in [0.1, 0.15) is 5.69 Å². The average molecular weight is 260 g/mol. The first kappa shape index (κ1) is 11.1. The standard InChI is InChI=1S/C11H12N6S/c1-6-3-4-17-9(7(2)14-10(17)13-6)8-5-18-11(15-8)16-12/h3-5H,12H2,1-2H3,(H,15,16). The van der Waals surface area contributed by atoms with Crippen molar-refractivity contribution in [2.45, 2.75) is 13.8 Å². The molecule has 0 bridgehead atoms. The monoisotopic (exact) mass is 260 g/mol. The lowest BCUT2D eigenvalue weighted by atomic mass is 10.3. The third-order valence-corrected chi connectivity index (χ3v) is 3.45. The number of nitrogens with two attached hydrogens (primary N) is 1. The lowest BCUT2D eigenvalue weighted by Gasteiger charge is -1.99. The predicted octanol–water partition coefficient (Wildman–Crippen LogP) is 1.76. The van der Waals surface area contributed by atoms with Crippen LogP contribution in [0.3, 0.4) is 0 Å². The van der Waals surface area contributed by atoms with Gasteiger partial charge in [-0.05, 0) is 19.9 Å². The summed E-state index contributed by atoms with van der Waals surface area (Å²) < 4.78 is 1.94. The Morgan fingerprint density at radius 1 is 1.28 bits per heavy atom. The molecule has 18 heavy (non-hydrogen) atoms. The van der Waals surface area contributed by atoms with Crippen LogP contribution in [0.25, 0.3) is 17.2 Å². The van der Waals surface area contributed by atoms with Gasteiger partial charge in [0.2, 0.25) is 5.78 Å². The number of hydrazine groups is 1. The van der Waals surface area contributed by atoms with Gasteiger partial charge in [0, 0.05) is 17.3 Å². The van der Waals surface area contributed by atoms with E-state index in [0.29, 0.717) is 10.9 Å². The number of aromatic nitrogens is 4. The van der Waals surface area contributed by atoms with Gasteiger partial charge in [-0.25, -0.2) is 20.8 Å². The van der Waals surface area contributed by atoms with Crippen molar-refractivity contribution >= 4 is 22.2 Å². The summed E-state index contributed by atoms with van der Waals surface area (Å²) in [6.07, 6.45) is 1.96. The van der Waals surface area contributed by atoms with E-state index in [1.165, 1.54) is 11.3 Å². The molecular weight excluding hydrogens is 248 g/mol. The molecule has 0 atom stereocenters. The van der Waals surface area contributed by atoms with Crippen molar-refractivity contribution in [1.29, 1.82) is 0 Å². The lowest BCUT2D eigenvalue weighted by Crippen LogP contribution is -2.05. The minimum absolute atomic E-state index is 0.680. The molecule has 0 radical (unpaired) electrons. The number of fused-ring (bicyclic) bond motifs is 1. The fourth-order valence-electron chi connectivity index (χ4n) is 1.89. The van der Waals surface area contributed by atoms with Gasteiger partial charge in [-0.15, -0.1) is 11.3 Å². The van der Waals surface area contributed by atoms with Crippen LogP contribution in [0, 0.1) is 13.8 Å². The van der Waals surface area contributed by atoms with Gasteiger partial charge in [-0.1, -0.05) is 0 Å². The number of nitrogen functional groups attached to an aromatic ring is 1. The molecule has 3 aromatic rings. The van der Waals surface area contributed by atoms with Gasteiger partial charge in [0.05, 0.1) is 11.4 Å². The number of imidazole rings is 1. The zero-order chi connectivity index (χ0) is 12.7. The van der Waals surface area contributed by atoms with E-state index in [4.69, 9.17) is 5.84 Å². The Bertz CT molecular complexity index is 713. The number of thiazole rings is 1. The molecule has 0 fully saturated rings. The molecule has 7 heteroatoms. The van der Waals surface area contributed by atoms with E-state index in [9.17, 15) is 0 Å². The second kappa shape index (κ2) is 4.04. The summed E-state index contributed by atoms with van der Waals surface area (Å²) in [5.74, 6) is 6.04. The van der Waals surface area contributed by atoms with Crippen molar-refractivity contribution in [3.05, 3.63) is 29.0 Å². The fraction of sp³-hybridized carbons (Fsp3) is 0.182. The molecular formula is C11H12N6S. The molecule has 0 unspecified atom stereocenters. The number of hydrogen-bond acceptors (Lipinski definition) is 6. The van der Waals surface area contributed by atoms with Crippen molar-refractivity contribution in [3.8, 4) is 11.4 Å². The molecule has 6 nitrogen and oxygen atoms in total. The zero-order valence-corrected chi connectivity index (χ0v) is 10.8. The number of aryl methyl sites for hydroxylation is 2. The quantitative estimate of drug-likeness (QED) is 0.542. The molecule has 92 valence electrons. The van der Waals surface area contributed by atoms with E-state index in [0.717, 1.165) is 22.8 Å². The highest BCUT2D eigenvalue weighted by molar-refractivity contribution is 7.14. The summed E-state index contributed by atoms with van der Waals surface area (Å²) >= 11 is 1.46. The molecule has 3 aromatic heterocycles. The molecule has 0 aromatic carbocycles. The van der Waals surface area contributed by atoms with E-state index >= 15 is 0 Å². The maximum atomic E-state index is 5.35. The summed E-state index contributed by atoms with van der Waals surface area (Å²) in [6.45, 7) is 3.90. The average Bonchev–Trinajstić information content (AvgIpc) is 2.91. The fourth-order valence-corrected chi connectivity index (χ4v) is 2.49. The molecule has 3 rings (SSSR count). The summed E-state index contributed by atoms with van der Waals surface area (Å²) in [5.41, 5.74) is 6.20. The Kier molecular flexibility index (Phi) is 2.49. The van der Waals surface area contributed by atoms with Gasteiger partial charge in [-0.3, -0.25) is 9.83 Å². The maximum absolute atomic E-state index is 5.35. The minimum atomic E-state index is 0.680. The summed E-state index contributed by atoms with van der Waals surface area (Å²) in [5, 5.41) is 2.63. The molecule has 0 aliphatic carbocycles. The molecule has 0 aliphatic rings. The third kappa shape index (κ3) is 1.64. The molecule has 3 N–H and O–H groups in total. The first-order valence-corrected chi connectivity index (χ1v) is 6.32. The van der Waals surface area contributed by atoms with Crippen molar-refractivity contribution in [2.24, 2.45) is 5.84 Å². The Labute approximate surface area is 107 Å². The summed E-state index contributed by atoms with van der Waals surface area (Å²) in [4.78, 5) is 13.2. The smallest absolute Gasteiger partial charge is 0.234 e. The Hall–Kier alpha value is -1.99. The van der Waals surface area contributed by atoms with E-state index < -0.39 is 0 Å². The molecule has 0 amide bonds. The van der Waals surface area contributed by atoms with Crippen LogP contribution in [0.15, 0.2) is 17.6 Å². The third-order valence-electron chi connectivity index (χ3n) is 2.68. The van der Waals surface area contributed by atoms with E-state index in [1.807, 2.05) is 35.9 Å². The largest absolute Gasteiger partial charge is 0.300 e. The zero-order valence-electron chi connectivity index (χ0n) is 10.0. The normalized spacial score (nSPS) is 11.1. The number of anilines is 1. The highest BCUT2D eigenvalue weighted by Gasteiger charge is 2.14. The number of hydrogen-bond donors (Lipinski definition) is 2. The van der Waals surface area contributed by atoms with E-state index in [2.05, 4.69) is 20.4 Å². The van der Waals surface area contributed by atoms with Gasteiger partial charge in [-0.2, -0.15) is 0 Å². The molecule has 0 spiro atoms. The van der Waals surface area contributed by atoms with Crippen LogP contribution in [-0.4, -0.2) is 19.4 Å². The first-order chi connectivity index (χ1) is 8.69. The Morgan fingerprint density at radius 3 is 2.83 bits per heavy atom. The van der Waals surface area contributed by atoms with Gasteiger partial charge < -0.3 is 0 Å². The van der Waals surface area contributed by atoms with Crippen LogP contribution in [0.4, 0.5) is 5.13 Å². The van der Waals surface area contributed by atoms with Gasteiger partial charge >= 0.3 is 0 Å². The van der Waals surface area contributed by atoms with Crippen molar-refractivity contribution < 1.29 is 0 Å². The second-order valence-electron chi connectivity index (χ2n) is 3.97. The minimum Gasteiger partial charge on any atom is -0.300 e. The molecule has 0 saturated carbocycles. The topological polar surface area (TPSA) is 81.1 Å². The number of rotatable bonds is 2. The molecule has 0 saturated heterocycles. The highest BCUT2D eigenvalue weighted by atomic mass is 32.1. The Balaban J connectivity index is 2.24. The maximum Gasteiger partial charge on any atom is 0.234 e. The highest BCUT2D eigenvalue weighted by Crippen LogP contribution is 2.27. The van der Waals surface area contributed by atoms with Crippen LogP contribution in [0.1, 0.15) is 11.4 Å². The van der Waals surface area contributed by atoms with Crippen LogP contribution in [-0.2, 0) is 0 Å². The van der Waals surface area contributed by atoms with Gasteiger partial charge in [0.15, 0.2) is 5.13 Å². The van der Waals surface area contributed by atoms with Crippen molar-refractivity contribution in [3.63, 3.8) is 0 Å². The lowest BCUT2D eigenvalue weighted by molar-refractivity contribution is 1.07. The molecule has 0 aliphatic heterocycles. The van der Waals surface area contributed by atoms with E-state index in [1.54, 1.807) is 0 Å². The second-order valence-corrected chi connectivity index (χ2v) is 4.83. The number of nitrogens with one attached hydrogen (secondary N) is 1. The summed E-state index contributed by atoms with van der Waals surface area (Å²) in [6, 6.07) is 1.95.